The minimum absolute atomic E-state index is 0.196. The van der Waals surface area contributed by atoms with Crippen molar-refractivity contribution < 1.29 is 9.18 Å². The first-order valence-corrected chi connectivity index (χ1v) is 9.65. The van der Waals surface area contributed by atoms with E-state index in [2.05, 4.69) is 60.5 Å². The van der Waals surface area contributed by atoms with Crippen LogP contribution in [0.3, 0.4) is 0 Å². The third-order valence-electron chi connectivity index (χ3n) is 4.43. The molecule has 0 aromatic heterocycles. The Labute approximate surface area is 167 Å². The number of rotatable bonds is 6. The molecule has 2 aromatic carbocycles. The van der Waals surface area contributed by atoms with Gasteiger partial charge in [0.15, 0.2) is 0 Å². The summed E-state index contributed by atoms with van der Waals surface area (Å²) in [4.78, 5) is 16.5. The molecule has 0 unspecified atom stereocenters. The Hall–Kier alpha value is -2.09. The van der Waals surface area contributed by atoms with Crippen LogP contribution in [0.1, 0.15) is 11.1 Å². The summed E-state index contributed by atoms with van der Waals surface area (Å²) in [6.07, 6.45) is 1.32. The number of nitrogens with zero attached hydrogens (tertiary/aromatic N) is 3. The highest BCUT2D eigenvalue weighted by molar-refractivity contribution is 9.10. The molecule has 27 heavy (non-hydrogen) atoms. The monoisotopic (exact) mass is 432 g/mol. The summed E-state index contributed by atoms with van der Waals surface area (Å²) < 4.78 is 14.4. The molecule has 1 heterocycles. The van der Waals surface area contributed by atoms with Crippen molar-refractivity contribution in [3.63, 3.8) is 0 Å². The number of nitrogens with one attached hydrogen (secondary N) is 1. The van der Waals surface area contributed by atoms with Gasteiger partial charge in [0.1, 0.15) is 5.82 Å². The predicted molar refractivity (Wildman–Crippen MR) is 108 cm³/mol. The van der Waals surface area contributed by atoms with Crippen LogP contribution in [-0.4, -0.2) is 54.6 Å². The molecule has 2 aromatic rings. The van der Waals surface area contributed by atoms with E-state index in [1.54, 1.807) is 12.1 Å². The van der Waals surface area contributed by atoms with Crippen molar-refractivity contribution in [3.8, 4) is 0 Å². The van der Waals surface area contributed by atoms with Gasteiger partial charge >= 0.3 is 0 Å². The highest BCUT2D eigenvalue weighted by atomic mass is 79.9. The number of halogens is 2. The van der Waals surface area contributed by atoms with Crippen LogP contribution >= 0.6 is 15.9 Å². The number of carbonyl (C=O) groups excluding carboxylic acids is 1. The first-order valence-electron chi connectivity index (χ1n) is 8.86. The number of amides is 1. The van der Waals surface area contributed by atoms with Gasteiger partial charge in [0, 0.05) is 42.8 Å². The van der Waals surface area contributed by atoms with Gasteiger partial charge in [0.25, 0.3) is 5.91 Å². The average molecular weight is 433 g/mol. The van der Waals surface area contributed by atoms with Gasteiger partial charge in [-0.1, -0.05) is 46.3 Å². The summed E-state index contributed by atoms with van der Waals surface area (Å²) in [6.45, 7) is 4.75. The van der Waals surface area contributed by atoms with Crippen molar-refractivity contribution in [1.29, 1.82) is 0 Å². The SMILES string of the molecule is O=C(CN1CCN(Cc2ccccc2)CC1)N/N=C/c1cc(Br)ccc1F. The molecule has 0 bridgehead atoms. The minimum atomic E-state index is -0.384. The van der Waals surface area contributed by atoms with Crippen molar-refractivity contribution in [2.75, 3.05) is 32.7 Å². The molecule has 3 rings (SSSR count). The molecular formula is C20H22BrFN4O. The molecule has 1 aliphatic rings. The standard InChI is InChI=1S/C20H22BrFN4O/c21-18-6-7-19(22)17(12-18)13-23-24-20(27)15-26-10-8-25(9-11-26)14-16-4-2-1-3-5-16/h1-7,12-13H,8-11,14-15H2,(H,24,27)/b23-13+. The zero-order valence-corrected chi connectivity index (χ0v) is 16.5. The zero-order chi connectivity index (χ0) is 19.1. The molecule has 7 heteroatoms. The molecular weight excluding hydrogens is 411 g/mol. The summed E-state index contributed by atoms with van der Waals surface area (Å²) in [5, 5.41) is 3.86. The number of hydrogen-bond acceptors (Lipinski definition) is 4. The van der Waals surface area contributed by atoms with E-state index in [-0.39, 0.29) is 18.3 Å². The Morgan fingerprint density at radius 1 is 1.11 bits per heavy atom. The molecule has 5 nitrogen and oxygen atoms in total. The van der Waals surface area contributed by atoms with Crippen LogP contribution in [0.4, 0.5) is 4.39 Å². The van der Waals surface area contributed by atoms with Crippen molar-refractivity contribution in [2.24, 2.45) is 5.10 Å². The van der Waals surface area contributed by atoms with Crippen LogP contribution in [0.15, 0.2) is 58.1 Å². The number of hydrogen-bond donors (Lipinski definition) is 1. The topological polar surface area (TPSA) is 47.9 Å². The highest BCUT2D eigenvalue weighted by Gasteiger charge is 2.18. The smallest absolute Gasteiger partial charge is 0.254 e. The zero-order valence-electron chi connectivity index (χ0n) is 14.9. The van der Waals surface area contributed by atoms with E-state index in [1.807, 2.05) is 6.07 Å². The van der Waals surface area contributed by atoms with E-state index < -0.39 is 0 Å². The molecule has 1 saturated heterocycles. The normalized spacial score (nSPS) is 15.9. The molecule has 0 radical (unpaired) electrons. The van der Waals surface area contributed by atoms with Crippen LogP contribution in [0.25, 0.3) is 0 Å². The Bertz CT molecular complexity index is 792. The van der Waals surface area contributed by atoms with Crippen LogP contribution < -0.4 is 5.43 Å². The summed E-state index contributed by atoms with van der Waals surface area (Å²) in [5.41, 5.74) is 4.09. The predicted octanol–water partition coefficient (Wildman–Crippen LogP) is 2.86. The molecule has 0 aliphatic carbocycles. The largest absolute Gasteiger partial charge is 0.297 e. The Balaban J connectivity index is 1.40. The van der Waals surface area contributed by atoms with Crippen molar-refractivity contribution in [3.05, 3.63) is 69.9 Å². The highest BCUT2D eigenvalue weighted by Crippen LogP contribution is 2.13. The van der Waals surface area contributed by atoms with Gasteiger partial charge < -0.3 is 0 Å². The Morgan fingerprint density at radius 2 is 1.81 bits per heavy atom. The van der Waals surface area contributed by atoms with Crippen LogP contribution in [0, 0.1) is 5.82 Å². The van der Waals surface area contributed by atoms with Crippen LogP contribution in [0.2, 0.25) is 0 Å². The van der Waals surface area contributed by atoms with E-state index in [0.717, 1.165) is 37.2 Å². The third kappa shape index (κ3) is 6.23. The Kier molecular flexibility index (Phi) is 7.09. The molecule has 1 N–H and O–H groups in total. The van der Waals surface area contributed by atoms with E-state index in [0.29, 0.717) is 5.56 Å². The third-order valence-corrected chi connectivity index (χ3v) is 4.93. The molecule has 1 aliphatic heterocycles. The lowest BCUT2D eigenvalue weighted by molar-refractivity contribution is -0.122. The van der Waals surface area contributed by atoms with E-state index in [4.69, 9.17) is 0 Å². The van der Waals surface area contributed by atoms with Crippen LogP contribution in [0.5, 0.6) is 0 Å². The number of carbonyl (C=O) groups is 1. The maximum Gasteiger partial charge on any atom is 0.254 e. The number of hydrazone groups is 1. The number of benzene rings is 2. The lowest BCUT2D eigenvalue weighted by atomic mass is 10.2. The summed E-state index contributed by atoms with van der Waals surface area (Å²) >= 11 is 3.28. The molecule has 0 spiro atoms. The van der Waals surface area contributed by atoms with Gasteiger partial charge in [-0.3, -0.25) is 14.6 Å². The maximum atomic E-state index is 13.6. The lowest BCUT2D eigenvalue weighted by Gasteiger charge is -2.34. The fourth-order valence-electron chi connectivity index (χ4n) is 2.97. The minimum Gasteiger partial charge on any atom is -0.297 e. The molecule has 1 amide bonds. The van der Waals surface area contributed by atoms with Gasteiger partial charge in [-0.25, -0.2) is 9.82 Å². The van der Waals surface area contributed by atoms with Gasteiger partial charge in [-0.05, 0) is 23.8 Å². The van der Waals surface area contributed by atoms with Crippen molar-refractivity contribution in [2.45, 2.75) is 6.54 Å². The quantitative estimate of drug-likeness (QED) is 0.563. The van der Waals surface area contributed by atoms with Crippen molar-refractivity contribution in [1.82, 2.24) is 15.2 Å². The molecule has 142 valence electrons. The molecule has 1 fully saturated rings. The average Bonchev–Trinajstić information content (AvgIpc) is 2.67. The van der Waals surface area contributed by atoms with Crippen LogP contribution in [-0.2, 0) is 11.3 Å². The second-order valence-corrected chi connectivity index (χ2v) is 7.41. The van der Waals surface area contributed by atoms with Gasteiger partial charge in [0.2, 0.25) is 0 Å². The maximum absolute atomic E-state index is 13.6. The first-order chi connectivity index (χ1) is 13.1. The number of piperazine rings is 1. The lowest BCUT2D eigenvalue weighted by Crippen LogP contribution is -2.48. The fourth-order valence-corrected chi connectivity index (χ4v) is 3.35. The molecule has 0 saturated carbocycles. The fraction of sp³-hybridized carbons (Fsp3) is 0.300. The van der Waals surface area contributed by atoms with Gasteiger partial charge in [-0.15, -0.1) is 0 Å². The molecule has 0 atom stereocenters. The summed E-state index contributed by atoms with van der Waals surface area (Å²) in [5.74, 6) is -0.580. The second-order valence-electron chi connectivity index (χ2n) is 6.50. The summed E-state index contributed by atoms with van der Waals surface area (Å²) in [7, 11) is 0. The van der Waals surface area contributed by atoms with E-state index in [9.17, 15) is 9.18 Å². The first kappa shape index (κ1) is 19.7. The summed E-state index contributed by atoms with van der Waals surface area (Å²) in [6, 6.07) is 15.0. The van der Waals surface area contributed by atoms with Gasteiger partial charge in [-0.2, -0.15) is 5.10 Å². The van der Waals surface area contributed by atoms with Gasteiger partial charge in [0.05, 0.1) is 12.8 Å². The van der Waals surface area contributed by atoms with E-state index >= 15 is 0 Å². The van der Waals surface area contributed by atoms with Crippen molar-refractivity contribution >= 4 is 28.1 Å². The second kappa shape index (κ2) is 9.73. The Morgan fingerprint density at radius 3 is 2.56 bits per heavy atom. The van der Waals surface area contributed by atoms with E-state index in [1.165, 1.54) is 17.8 Å².